The molecule has 0 saturated heterocycles. The van der Waals surface area contributed by atoms with Gasteiger partial charge in [-0.25, -0.2) is 0 Å². The minimum Gasteiger partial charge on any atom is -0.411 e. The van der Waals surface area contributed by atoms with Crippen molar-refractivity contribution in [2.45, 2.75) is 18.2 Å². The van der Waals surface area contributed by atoms with Crippen LogP contribution in [0.5, 0.6) is 0 Å². The van der Waals surface area contributed by atoms with Crippen LogP contribution in [0, 0.1) is 0 Å². The van der Waals surface area contributed by atoms with Crippen LogP contribution in [0.3, 0.4) is 0 Å². The van der Waals surface area contributed by atoms with E-state index >= 15 is 0 Å². The molecule has 0 atom stereocenters. The van der Waals surface area contributed by atoms with Crippen molar-refractivity contribution in [3.8, 4) is 0 Å². The Hall–Kier alpha value is -0.680. The average Bonchev–Trinajstić information content (AvgIpc) is 2.79. The monoisotopic (exact) mass is 345 g/mol. The molecule has 0 spiro atoms. The van der Waals surface area contributed by atoms with Crippen LogP contribution in [-0.4, -0.2) is 16.7 Å². The van der Waals surface area contributed by atoms with Crippen LogP contribution in [0.15, 0.2) is 40.4 Å². The van der Waals surface area contributed by atoms with Gasteiger partial charge in [-0.3, -0.25) is 0 Å². The summed E-state index contributed by atoms with van der Waals surface area (Å²) in [4.78, 5) is 1.19. The topological polar surface area (TPSA) is 32.6 Å². The Kier molecular flexibility index (Phi) is 5.78. The van der Waals surface area contributed by atoms with Gasteiger partial charge < -0.3 is 5.21 Å². The van der Waals surface area contributed by atoms with Gasteiger partial charge in [0.2, 0.25) is 0 Å². The lowest BCUT2D eigenvalue weighted by Crippen LogP contribution is -2.04. The molecule has 0 bridgehead atoms. The quantitative estimate of drug-likeness (QED) is 0.331. The molecule has 2 nitrogen and oxygen atoms in total. The SMILES string of the molecule is CCc1ccccc1SC/C(=N/O)c1cc(Cl)sc1Cl. The highest BCUT2D eigenvalue weighted by Gasteiger charge is 2.14. The van der Waals surface area contributed by atoms with Crippen LogP contribution in [0.1, 0.15) is 18.1 Å². The van der Waals surface area contributed by atoms with E-state index in [0.717, 1.165) is 6.42 Å². The molecule has 0 radical (unpaired) electrons. The molecule has 0 unspecified atom stereocenters. The van der Waals surface area contributed by atoms with E-state index in [1.165, 1.54) is 21.8 Å². The van der Waals surface area contributed by atoms with Gasteiger partial charge in [-0.1, -0.05) is 53.5 Å². The van der Waals surface area contributed by atoms with Crippen molar-refractivity contribution in [3.05, 3.63) is 50.1 Å². The van der Waals surface area contributed by atoms with Gasteiger partial charge in [-0.15, -0.1) is 23.1 Å². The smallest absolute Gasteiger partial charge is 0.104 e. The summed E-state index contributed by atoms with van der Waals surface area (Å²) in [6, 6.07) is 9.94. The second-order valence-corrected chi connectivity index (χ2v) is 7.34. The first-order valence-electron chi connectivity index (χ1n) is 6.02. The minimum atomic E-state index is 0.536. The van der Waals surface area contributed by atoms with E-state index in [4.69, 9.17) is 23.2 Å². The predicted molar refractivity (Wildman–Crippen MR) is 89.2 cm³/mol. The fourth-order valence-electron chi connectivity index (χ4n) is 1.78. The lowest BCUT2D eigenvalue weighted by Gasteiger charge is -2.07. The molecule has 2 aromatic rings. The van der Waals surface area contributed by atoms with Crippen LogP contribution in [-0.2, 0) is 6.42 Å². The molecule has 0 amide bonds. The zero-order valence-electron chi connectivity index (χ0n) is 10.8. The molecule has 1 aromatic carbocycles. The average molecular weight is 346 g/mol. The number of thiophene rings is 1. The van der Waals surface area contributed by atoms with E-state index in [9.17, 15) is 5.21 Å². The number of nitrogens with zero attached hydrogens (tertiary/aromatic N) is 1. The lowest BCUT2D eigenvalue weighted by molar-refractivity contribution is 0.319. The zero-order chi connectivity index (χ0) is 14.5. The van der Waals surface area contributed by atoms with Crippen molar-refractivity contribution in [1.29, 1.82) is 0 Å². The van der Waals surface area contributed by atoms with Gasteiger partial charge in [-0.2, -0.15) is 0 Å². The van der Waals surface area contributed by atoms with E-state index in [-0.39, 0.29) is 0 Å². The molecule has 2 rings (SSSR count). The summed E-state index contributed by atoms with van der Waals surface area (Å²) < 4.78 is 1.14. The van der Waals surface area contributed by atoms with E-state index < -0.39 is 0 Å². The Labute approximate surface area is 136 Å². The number of thioether (sulfide) groups is 1. The number of benzene rings is 1. The number of hydrogen-bond donors (Lipinski definition) is 1. The first-order chi connectivity index (χ1) is 9.65. The first kappa shape index (κ1) is 15.7. The van der Waals surface area contributed by atoms with Crippen LogP contribution < -0.4 is 0 Å². The summed E-state index contributed by atoms with van der Waals surface area (Å²) in [6.07, 6.45) is 0.972. The molecule has 0 fully saturated rings. The van der Waals surface area contributed by atoms with Gasteiger partial charge in [0.1, 0.15) is 4.34 Å². The molecular weight excluding hydrogens is 333 g/mol. The number of aryl methyl sites for hydroxylation is 1. The van der Waals surface area contributed by atoms with Crippen molar-refractivity contribution in [2.75, 3.05) is 5.75 Å². The van der Waals surface area contributed by atoms with Crippen LogP contribution >= 0.6 is 46.3 Å². The van der Waals surface area contributed by atoms with Gasteiger partial charge >= 0.3 is 0 Å². The van der Waals surface area contributed by atoms with E-state index in [1.807, 2.05) is 12.1 Å². The second-order valence-electron chi connectivity index (χ2n) is 4.03. The van der Waals surface area contributed by atoms with Gasteiger partial charge in [0.05, 0.1) is 10.0 Å². The lowest BCUT2D eigenvalue weighted by atomic mass is 10.2. The number of hydrogen-bond acceptors (Lipinski definition) is 4. The van der Waals surface area contributed by atoms with Crippen LogP contribution in [0.25, 0.3) is 0 Å². The van der Waals surface area contributed by atoms with Crippen LogP contribution in [0.4, 0.5) is 0 Å². The maximum absolute atomic E-state index is 9.20. The molecule has 106 valence electrons. The molecule has 0 saturated carbocycles. The highest BCUT2D eigenvalue weighted by atomic mass is 35.5. The molecule has 1 aromatic heterocycles. The second kappa shape index (κ2) is 7.36. The Morgan fingerprint density at radius 3 is 2.70 bits per heavy atom. The maximum Gasteiger partial charge on any atom is 0.104 e. The molecule has 6 heteroatoms. The Balaban J connectivity index is 2.14. The third-order valence-electron chi connectivity index (χ3n) is 2.81. The fourth-order valence-corrected chi connectivity index (χ4v) is 4.37. The largest absolute Gasteiger partial charge is 0.411 e. The van der Waals surface area contributed by atoms with Crippen molar-refractivity contribution in [2.24, 2.45) is 5.16 Å². The van der Waals surface area contributed by atoms with Crippen molar-refractivity contribution >= 4 is 52.0 Å². The Morgan fingerprint density at radius 2 is 2.10 bits per heavy atom. The highest BCUT2D eigenvalue weighted by Crippen LogP contribution is 2.33. The minimum absolute atomic E-state index is 0.536. The molecule has 0 aliphatic heterocycles. The summed E-state index contributed by atoms with van der Waals surface area (Å²) in [5.41, 5.74) is 2.52. The summed E-state index contributed by atoms with van der Waals surface area (Å²) in [5, 5.41) is 12.6. The fraction of sp³-hybridized carbons (Fsp3) is 0.214. The third-order valence-corrected chi connectivity index (χ3v) is 5.42. The van der Waals surface area contributed by atoms with Gasteiger partial charge in [0.15, 0.2) is 0 Å². The normalized spacial score (nSPS) is 11.8. The molecule has 1 heterocycles. The first-order valence-corrected chi connectivity index (χ1v) is 8.58. The predicted octanol–water partition coefficient (Wildman–Crippen LogP) is 5.59. The molecule has 20 heavy (non-hydrogen) atoms. The molecular formula is C14H13Cl2NOS2. The van der Waals surface area contributed by atoms with Gasteiger partial charge in [0, 0.05) is 16.2 Å². The van der Waals surface area contributed by atoms with Crippen molar-refractivity contribution in [3.63, 3.8) is 0 Å². The van der Waals surface area contributed by atoms with Gasteiger partial charge in [-0.05, 0) is 24.1 Å². The van der Waals surface area contributed by atoms with Crippen molar-refractivity contribution < 1.29 is 5.21 Å². The number of rotatable bonds is 5. The number of oxime groups is 1. The molecule has 0 aliphatic rings. The third kappa shape index (κ3) is 3.70. The highest BCUT2D eigenvalue weighted by molar-refractivity contribution is 8.00. The standard InChI is InChI=1S/C14H13Cl2NOS2/c1-2-9-5-3-4-6-12(9)19-8-11(17-18)10-7-13(15)20-14(10)16/h3-7,18H,2,8H2,1H3/b17-11-. The number of halogens is 2. The van der Waals surface area contributed by atoms with Crippen LogP contribution in [0.2, 0.25) is 8.67 Å². The van der Waals surface area contributed by atoms with Gasteiger partial charge in [0.25, 0.3) is 0 Å². The van der Waals surface area contributed by atoms with E-state index in [2.05, 4.69) is 24.2 Å². The summed E-state index contributed by atoms with van der Waals surface area (Å²) in [7, 11) is 0. The molecule has 1 N–H and O–H groups in total. The van der Waals surface area contributed by atoms with Crippen molar-refractivity contribution in [1.82, 2.24) is 0 Å². The Bertz CT molecular complexity index is 625. The zero-order valence-corrected chi connectivity index (χ0v) is 13.9. The summed E-state index contributed by atoms with van der Waals surface area (Å²) in [6.45, 7) is 2.12. The molecule has 0 aliphatic carbocycles. The maximum atomic E-state index is 9.20. The van der Waals surface area contributed by atoms with E-state index in [1.54, 1.807) is 17.8 Å². The van der Waals surface area contributed by atoms with E-state index in [0.29, 0.717) is 25.7 Å². The Morgan fingerprint density at radius 1 is 1.35 bits per heavy atom. The summed E-state index contributed by atoms with van der Waals surface area (Å²) >= 11 is 14.9. The summed E-state index contributed by atoms with van der Waals surface area (Å²) in [5.74, 6) is 0.542.